The lowest BCUT2D eigenvalue weighted by Crippen LogP contribution is -2.25. The summed E-state index contributed by atoms with van der Waals surface area (Å²) in [6.45, 7) is 1.45. The Morgan fingerprint density at radius 2 is 2.19 bits per heavy atom. The van der Waals surface area contributed by atoms with Crippen molar-refractivity contribution < 1.29 is 9.72 Å². The van der Waals surface area contributed by atoms with Crippen LogP contribution in [0.1, 0.15) is 17.8 Å². The Labute approximate surface area is 102 Å². The topological polar surface area (TPSA) is 63.4 Å². The zero-order valence-electron chi connectivity index (χ0n) is 9.06. The third-order valence-corrected chi connectivity index (χ3v) is 3.45. The first-order valence-corrected chi connectivity index (χ1v) is 5.64. The van der Waals surface area contributed by atoms with Crippen LogP contribution in [0.3, 0.4) is 0 Å². The largest absolute Gasteiger partial charge is 0.299 e. The van der Waals surface area contributed by atoms with Crippen molar-refractivity contribution in [3.8, 4) is 0 Å². The molecule has 0 N–H and O–H groups in total. The highest BCUT2D eigenvalue weighted by Gasteiger charge is 2.26. The molecule has 5 nitrogen and oxygen atoms in total. The Morgan fingerprint density at radius 1 is 1.62 bits per heavy atom. The van der Waals surface area contributed by atoms with Crippen LogP contribution >= 0.6 is 22.9 Å². The van der Waals surface area contributed by atoms with Crippen LogP contribution in [0.2, 0.25) is 4.34 Å². The fourth-order valence-electron chi connectivity index (χ4n) is 1.45. The van der Waals surface area contributed by atoms with Crippen LogP contribution in [0.4, 0.5) is 5.69 Å². The fraction of sp³-hybridized carbons (Fsp3) is 0.444. The maximum atomic E-state index is 11.4. The van der Waals surface area contributed by atoms with Crippen molar-refractivity contribution in [3.05, 3.63) is 25.4 Å². The van der Waals surface area contributed by atoms with Crippen LogP contribution in [-0.4, -0.2) is 29.7 Å². The maximum absolute atomic E-state index is 11.4. The molecule has 88 valence electrons. The Hall–Kier alpha value is -0.980. The number of rotatable bonds is 4. The molecule has 0 aromatic carbocycles. The van der Waals surface area contributed by atoms with E-state index in [9.17, 15) is 14.9 Å². The molecule has 1 unspecified atom stereocenters. The summed E-state index contributed by atoms with van der Waals surface area (Å²) in [7, 11) is 3.48. The molecule has 0 amide bonds. The molecule has 0 saturated heterocycles. The molecule has 16 heavy (non-hydrogen) atoms. The van der Waals surface area contributed by atoms with E-state index in [0.717, 1.165) is 11.3 Å². The van der Waals surface area contributed by atoms with Gasteiger partial charge in [0.05, 0.1) is 4.92 Å². The molecule has 1 heterocycles. The van der Waals surface area contributed by atoms with E-state index in [2.05, 4.69) is 0 Å². The maximum Gasteiger partial charge on any atom is 0.299 e. The minimum absolute atomic E-state index is 0.0715. The van der Waals surface area contributed by atoms with E-state index < -0.39 is 11.0 Å². The summed E-state index contributed by atoms with van der Waals surface area (Å²) in [5.41, 5.74) is -0.144. The van der Waals surface area contributed by atoms with Crippen molar-refractivity contribution in [2.45, 2.75) is 13.0 Å². The molecule has 7 heteroatoms. The quantitative estimate of drug-likeness (QED) is 0.618. The lowest BCUT2D eigenvalue weighted by Gasteiger charge is -2.19. The van der Waals surface area contributed by atoms with E-state index >= 15 is 0 Å². The molecule has 1 rings (SSSR count). The number of hydrogen-bond donors (Lipinski definition) is 0. The Morgan fingerprint density at radius 3 is 2.50 bits per heavy atom. The first kappa shape index (κ1) is 13.1. The molecule has 0 aliphatic carbocycles. The third kappa shape index (κ3) is 2.58. The van der Waals surface area contributed by atoms with Gasteiger partial charge in [-0.3, -0.25) is 19.8 Å². The summed E-state index contributed by atoms with van der Waals surface area (Å²) < 4.78 is 0.105. The van der Waals surface area contributed by atoms with Gasteiger partial charge in [0.25, 0.3) is 5.69 Å². The Balaban J connectivity index is 3.17. The number of hydrogen-bond acceptors (Lipinski definition) is 5. The van der Waals surface area contributed by atoms with Gasteiger partial charge < -0.3 is 0 Å². The fourth-order valence-corrected chi connectivity index (χ4v) is 2.95. The molecule has 1 aromatic rings. The van der Waals surface area contributed by atoms with Gasteiger partial charge in [0.2, 0.25) is 0 Å². The first-order valence-electron chi connectivity index (χ1n) is 4.45. The first-order chi connectivity index (χ1) is 7.34. The highest BCUT2D eigenvalue weighted by Crippen LogP contribution is 2.38. The van der Waals surface area contributed by atoms with Gasteiger partial charge in [0, 0.05) is 10.9 Å². The minimum Gasteiger partial charge on any atom is -0.298 e. The molecule has 1 aromatic heterocycles. The molecular formula is C9H11ClN2O3S. The number of nitrogens with zero attached hydrogens (tertiary/aromatic N) is 2. The summed E-state index contributed by atoms with van der Waals surface area (Å²) in [4.78, 5) is 23.8. The second-order valence-corrected chi connectivity index (χ2v) is 5.23. The van der Waals surface area contributed by atoms with Crippen molar-refractivity contribution in [1.82, 2.24) is 4.90 Å². The molecule has 0 bridgehead atoms. The van der Waals surface area contributed by atoms with Crippen LogP contribution in [-0.2, 0) is 4.79 Å². The molecule has 0 radical (unpaired) electrons. The molecule has 0 aliphatic heterocycles. The summed E-state index contributed by atoms with van der Waals surface area (Å²) >= 11 is 6.81. The number of halogens is 1. The Kier molecular flexibility index (Phi) is 4.01. The number of carbonyl (C=O) groups is 1. The van der Waals surface area contributed by atoms with Crippen molar-refractivity contribution in [3.63, 3.8) is 0 Å². The van der Waals surface area contributed by atoms with Gasteiger partial charge in [-0.25, -0.2) is 0 Å². The summed E-state index contributed by atoms with van der Waals surface area (Å²) in [5, 5.41) is 10.6. The van der Waals surface area contributed by atoms with E-state index in [0.29, 0.717) is 4.88 Å². The molecule has 0 spiro atoms. The predicted molar refractivity (Wildman–Crippen MR) is 63.1 cm³/mol. The summed E-state index contributed by atoms with van der Waals surface area (Å²) in [5.74, 6) is -0.0715. The SMILES string of the molecule is CC(=O)C(c1cc([N+](=O)[O-])c(Cl)s1)N(C)C. The Bertz CT molecular complexity index is 430. The highest BCUT2D eigenvalue weighted by molar-refractivity contribution is 7.17. The van der Waals surface area contributed by atoms with Crippen molar-refractivity contribution in [1.29, 1.82) is 0 Å². The van der Waals surface area contributed by atoms with E-state index in [1.807, 2.05) is 0 Å². The third-order valence-electron chi connectivity index (χ3n) is 2.06. The number of carbonyl (C=O) groups excluding carboxylic acids is 1. The molecular weight excluding hydrogens is 252 g/mol. The van der Waals surface area contributed by atoms with Crippen LogP contribution in [0.25, 0.3) is 0 Å². The van der Waals surface area contributed by atoms with Gasteiger partial charge in [-0.1, -0.05) is 11.6 Å². The lowest BCUT2D eigenvalue weighted by molar-refractivity contribution is -0.384. The normalized spacial score (nSPS) is 12.8. The number of nitro groups is 1. The molecule has 0 fully saturated rings. The van der Waals surface area contributed by atoms with Crippen LogP contribution < -0.4 is 0 Å². The number of thiophene rings is 1. The van der Waals surface area contributed by atoms with Gasteiger partial charge in [-0.05, 0) is 21.0 Å². The summed E-state index contributed by atoms with van der Waals surface area (Å²) in [6.07, 6.45) is 0. The van der Waals surface area contributed by atoms with Crippen molar-refractivity contribution >= 4 is 34.4 Å². The van der Waals surface area contributed by atoms with E-state index in [-0.39, 0.29) is 15.8 Å². The van der Waals surface area contributed by atoms with E-state index in [4.69, 9.17) is 11.6 Å². The van der Waals surface area contributed by atoms with Crippen molar-refractivity contribution in [2.24, 2.45) is 0 Å². The number of ketones is 1. The predicted octanol–water partition coefficient (Wildman–Crippen LogP) is 2.50. The van der Waals surface area contributed by atoms with E-state index in [1.54, 1.807) is 19.0 Å². The van der Waals surface area contributed by atoms with Crippen LogP contribution in [0.5, 0.6) is 0 Å². The van der Waals surface area contributed by atoms with Gasteiger partial charge >= 0.3 is 0 Å². The molecule has 0 saturated carbocycles. The zero-order valence-corrected chi connectivity index (χ0v) is 10.6. The molecule has 1 atom stereocenters. The van der Waals surface area contributed by atoms with Crippen molar-refractivity contribution in [2.75, 3.05) is 14.1 Å². The van der Waals surface area contributed by atoms with Gasteiger partial charge in [0.1, 0.15) is 6.04 Å². The number of Topliss-reactive ketones (excluding diaryl/α,β-unsaturated/α-hetero) is 1. The lowest BCUT2D eigenvalue weighted by atomic mass is 10.1. The average Bonchev–Trinajstić information content (AvgIpc) is 2.45. The average molecular weight is 263 g/mol. The van der Waals surface area contributed by atoms with Gasteiger partial charge in [0.15, 0.2) is 10.1 Å². The molecule has 0 aliphatic rings. The minimum atomic E-state index is -0.546. The standard InChI is InChI=1S/C9H11ClN2O3S/c1-5(13)8(11(2)3)7-4-6(12(14)15)9(10)16-7/h4,8H,1-3H3. The number of likely N-dealkylation sites (N-methyl/N-ethyl adjacent to an activating group) is 1. The summed E-state index contributed by atoms with van der Waals surface area (Å²) in [6, 6.07) is 0.884. The second-order valence-electron chi connectivity index (χ2n) is 3.54. The van der Waals surface area contributed by atoms with E-state index in [1.165, 1.54) is 13.0 Å². The smallest absolute Gasteiger partial charge is 0.298 e. The monoisotopic (exact) mass is 262 g/mol. The zero-order chi connectivity index (χ0) is 12.5. The van der Waals surface area contributed by atoms with Gasteiger partial charge in [-0.2, -0.15) is 0 Å². The van der Waals surface area contributed by atoms with Crippen LogP contribution in [0.15, 0.2) is 6.07 Å². The second kappa shape index (κ2) is 4.90. The van der Waals surface area contributed by atoms with Crippen LogP contribution in [0, 0.1) is 10.1 Å². The van der Waals surface area contributed by atoms with Gasteiger partial charge in [-0.15, -0.1) is 11.3 Å². The highest BCUT2D eigenvalue weighted by atomic mass is 35.5.